The summed E-state index contributed by atoms with van der Waals surface area (Å²) in [7, 11) is 0. The number of nitrogens with two attached hydrogens (primary N) is 1. The molecule has 174 valence electrons. The van der Waals surface area contributed by atoms with Crippen molar-refractivity contribution >= 4 is 17.0 Å². The molecular formula is C26H29N7O. The van der Waals surface area contributed by atoms with Crippen molar-refractivity contribution in [3.8, 4) is 0 Å². The zero-order chi connectivity index (χ0) is 22.9. The number of allylic oxidation sites excluding steroid dienone is 1. The fourth-order valence-electron chi connectivity index (χ4n) is 6.47. The number of hydrogen-bond acceptors (Lipinski definition) is 6. The number of benzene rings is 1. The first-order chi connectivity index (χ1) is 16.6. The summed E-state index contributed by atoms with van der Waals surface area (Å²) < 4.78 is 0. The lowest BCUT2D eigenvalue weighted by Crippen LogP contribution is -2.46. The van der Waals surface area contributed by atoms with Crippen molar-refractivity contribution in [1.29, 1.82) is 0 Å². The number of nitrogens with one attached hydrogen (secondary N) is 3. The molecule has 1 spiro atoms. The fourth-order valence-corrected chi connectivity index (χ4v) is 6.47. The molecule has 0 unspecified atom stereocenters. The van der Waals surface area contributed by atoms with Crippen LogP contribution in [0.1, 0.15) is 43.4 Å². The Bertz CT molecular complexity index is 1390. The van der Waals surface area contributed by atoms with Gasteiger partial charge in [-0.15, -0.1) is 0 Å². The van der Waals surface area contributed by atoms with E-state index in [1.165, 1.54) is 16.8 Å². The van der Waals surface area contributed by atoms with Gasteiger partial charge in [0.05, 0.1) is 5.69 Å². The lowest BCUT2D eigenvalue weighted by molar-refractivity contribution is 0.189. The molecule has 0 radical (unpaired) electrons. The second-order valence-corrected chi connectivity index (χ2v) is 10.3. The molecule has 1 aromatic carbocycles. The highest BCUT2D eigenvalue weighted by Gasteiger charge is 2.50. The van der Waals surface area contributed by atoms with Crippen LogP contribution in [0.5, 0.6) is 0 Å². The summed E-state index contributed by atoms with van der Waals surface area (Å²) in [5, 5.41) is 11.7. The van der Waals surface area contributed by atoms with Gasteiger partial charge in [-0.3, -0.25) is 14.9 Å². The number of aromatic nitrogens is 4. The van der Waals surface area contributed by atoms with Crippen LogP contribution < -0.4 is 21.5 Å². The quantitative estimate of drug-likeness (QED) is 0.482. The number of nitrogens with zero attached hydrogens (tertiary/aromatic N) is 3. The summed E-state index contributed by atoms with van der Waals surface area (Å²) in [6.45, 7) is 2.67. The minimum Gasteiger partial charge on any atom is -0.323 e. The summed E-state index contributed by atoms with van der Waals surface area (Å²) in [5.41, 5.74) is 11.5. The summed E-state index contributed by atoms with van der Waals surface area (Å²) >= 11 is 0. The molecule has 2 aliphatic heterocycles. The van der Waals surface area contributed by atoms with Crippen LogP contribution in [0, 0.1) is 5.41 Å². The molecule has 0 bridgehead atoms. The van der Waals surface area contributed by atoms with E-state index < -0.39 is 0 Å². The van der Waals surface area contributed by atoms with Gasteiger partial charge < -0.3 is 16.0 Å². The zero-order valence-corrected chi connectivity index (χ0v) is 19.1. The van der Waals surface area contributed by atoms with Crippen molar-refractivity contribution in [2.45, 2.75) is 43.6 Å². The third-order valence-corrected chi connectivity index (χ3v) is 8.56. The largest absolute Gasteiger partial charge is 0.323 e. The van der Waals surface area contributed by atoms with E-state index >= 15 is 0 Å². The Balaban J connectivity index is 1.28. The first-order valence-electron chi connectivity index (χ1n) is 12.3. The molecule has 0 amide bonds. The van der Waals surface area contributed by atoms with Gasteiger partial charge in [0.2, 0.25) is 5.95 Å². The minimum atomic E-state index is -0.196. The standard InChI is InChI=1S/C26H29N7O/c27-20-17-7-4-14-33(18(17)15-25(20)10-12-28-13-11-25)24-29-22-19(23(34)30-24)21(31-32-22)26(8-9-26)16-5-2-1-3-6-16/h1-7,20,28H,8-15,27H2,(H2,29,30,31,32,34)/t20-/m1/s1. The van der Waals surface area contributed by atoms with Crippen LogP contribution in [0.15, 0.2) is 58.5 Å². The molecule has 1 saturated heterocycles. The van der Waals surface area contributed by atoms with Gasteiger partial charge in [0.1, 0.15) is 5.39 Å². The van der Waals surface area contributed by atoms with E-state index in [-0.39, 0.29) is 22.4 Å². The molecule has 8 nitrogen and oxygen atoms in total. The number of fused-ring (bicyclic) bond motifs is 1. The topological polar surface area (TPSA) is 116 Å². The molecule has 2 aromatic heterocycles. The monoisotopic (exact) mass is 455 g/mol. The van der Waals surface area contributed by atoms with Crippen molar-refractivity contribution in [2.75, 3.05) is 24.5 Å². The summed E-state index contributed by atoms with van der Waals surface area (Å²) in [6.07, 6.45) is 9.32. The van der Waals surface area contributed by atoms with Crippen LogP contribution in [-0.2, 0) is 5.41 Å². The molecule has 2 fully saturated rings. The van der Waals surface area contributed by atoms with Gasteiger partial charge in [0.15, 0.2) is 5.65 Å². The molecule has 2 aliphatic carbocycles. The van der Waals surface area contributed by atoms with Crippen molar-refractivity contribution < 1.29 is 0 Å². The van der Waals surface area contributed by atoms with Crippen LogP contribution in [0.2, 0.25) is 0 Å². The second kappa shape index (κ2) is 7.13. The fraction of sp³-hybridized carbons (Fsp3) is 0.423. The number of anilines is 1. The first kappa shape index (κ1) is 20.2. The number of aromatic amines is 2. The SMILES string of the molecule is N[C@@H]1C2=C(CC13CCNCC3)N(c1nc3[nH]nc(C4(c5ccccc5)CC4)c3c(=O)[nH]1)CC=C2. The van der Waals surface area contributed by atoms with Gasteiger partial charge in [-0.25, -0.2) is 0 Å². The normalized spacial score (nSPS) is 24.7. The Morgan fingerprint density at radius 1 is 1.09 bits per heavy atom. The number of H-pyrrole nitrogens is 2. The number of piperidine rings is 1. The van der Waals surface area contributed by atoms with Gasteiger partial charge in [0, 0.05) is 23.7 Å². The van der Waals surface area contributed by atoms with Crippen LogP contribution >= 0.6 is 0 Å². The first-order valence-corrected chi connectivity index (χ1v) is 12.3. The second-order valence-electron chi connectivity index (χ2n) is 10.3. The van der Waals surface area contributed by atoms with Gasteiger partial charge in [-0.1, -0.05) is 42.5 Å². The highest BCUT2D eigenvalue weighted by Crippen LogP contribution is 2.54. The van der Waals surface area contributed by atoms with E-state index in [2.05, 4.69) is 49.7 Å². The van der Waals surface area contributed by atoms with Crippen molar-refractivity contribution in [1.82, 2.24) is 25.5 Å². The Kier molecular flexibility index (Phi) is 4.23. The van der Waals surface area contributed by atoms with Crippen molar-refractivity contribution in [2.24, 2.45) is 11.1 Å². The molecule has 4 aliphatic rings. The molecule has 1 saturated carbocycles. The minimum absolute atomic E-state index is 0.0125. The van der Waals surface area contributed by atoms with Gasteiger partial charge in [-0.05, 0) is 61.7 Å². The van der Waals surface area contributed by atoms with Gasteiger partial charge in [-0.2, -0.15) is 10.1 Å². The van der Waals surface area contributed by atoms with E-state index in [1.54, 1.807) is 0 Å². The maximum absolute atomic E-state index is 13.4. The van der Waals surface area contributed by atoms with Crippen molar-refractivity contribution in [3.05, 3.63) is 75.4 Å². The predicted octanol–water partition coefficient (Wildman–Crippen LogP) is 2.46. The number of hydrogen-bond donors (Lipinski definition) is 4. The van der Waals surface area contributed by atoms with Gasteiger partial charge in [0.25, 0.3) is 5.56 Å². The molecule has 7 rings (SSSR count). The Labute approximate surface area is 197 Å². The van der Waals surface area contributed by atoms with E-state index in [9.17, 15) is 4.79 Å². The highest BCUT2D eigenvalue weighted by atomic mass is 16.1. The predicted molar refractivity (Wildman–Crippen MR) is 132 cm³/mol. The van der Waals surface area contributed by atoms with E-state index in [1.807, 2.05) is 18.2 Å². The molecular weight excluding hydrogens is 426 g/mol. The Morgan fingerprint density at radius 2 is 1.88 bits per heavy atom. The van der Waals surface area contributed by atoms with Gasteiger partial charge >= 0.3 is 0 Å². The highest BCUT2D eigenvalue weighted by molar-refractivity contribution is 5.81. The Morgan fingerprint density at radius 3 is 2.65 bits per heavy atom. The summed E-state index contributed by atoms with van der Waals surface area (Å²) in [5.74, 6) is 0.562. The van der Waals surface area contributed by atoms with E-state index in [0.717, 1.165) is 50.9 Å². The molecule has 5 N–H and O–H groups in total. The van der Waals surface area contributed by atoms with Crippen LogP contribution in [0.4, 0.5) is 5.95 Å². The van der Waals surface area contributed by atoms with Crippen molar-refractivity contribution in [3.63, 3.8) is 0 Å². The van der Waals surface area contributed by atoms with Crippen LogP contribution in [0.25, 0.3) is 11.0 Å². The molecule has 34 heavy (non-hydrogen) atoms. The maximum Gasteiger partial charge on any atom is 0.263 e. The lowest BCUT2D eigenvalue weighted by atomic mass is 9.73. The summed E-state index contributed by atoms with van der Waals surface area (Å²) in [4.78, 5) is 23.5. The van der Waals surface area contributed by atoms with E-state index in [4.69, 9.17) is 10.7 Å². The Hall–Kier alpha value is -3.23. The third-order valence-electron chi connectivity index (χ3n) is 8.56. The zero-order valence-electron chi connectivity index (χ0n) is 19.1. The third kappa shape index (κ3) is 2.75. The lowest BCUT2D eigenvalue weighted by Gasteiger charge is -2.38. The van der Waals surface area contributed by atoms with Crippen LogP contribution in [0.3, 0.4) is 0 Å². The van der Waals surface area contributed by atoms with Crippen LogP contribution in [-0.4, -0.2) is 45.8 Å². The average Bonchev–Trinajstić information content (AvgIpc) is 3.49. The summed E-state index contributed by atoms with van der Waals surface area (Å²) in [6, 6.07) is 10.4. The molecule has 8 heteroatoms. The average molecular weight is 456 g/mol. The van der Waals surface area contributed by atoms with E-state index in [0.29, 0.717) is 23.5 Å². The molecule has 3 aromatic rings. The smallest absolute Gasteiger partial charge is 0.263 e. The molecule has 1 atom stereocenters. The number of rotatable bonds is 3. The maximum atomic E-state index is 13.4. The molecule has 4 heterocycles.